The minimum absolute atomic E-state index is 0.713. The fourth-order valence-electron chi connectivity index (χ4n) is 7.38. The van der Waals surface area contributed by atoms with Gasteiger partial charge in [0.05, 0.1) is 22.4 Å². The monoisotopic (exact) mass is 655 g/mol. The highest BCUT2D eigenvalue weighted by Gasteiger charge is 2.21. The number of fused-ring (bicyclic) bond motifs is 6. The summed E-state index contributed by atoms with van der Waals surface area (Å²) in [6.07, 6.45) is 0. The quantitative estimate of drug-likeness (QED) is 0.185. The molecule has 0 radical (unpaired) electrons. The van der Waals surface area contributed by atoms with Crippen molar-refractivity contribution in [3.05, 3.63) is 176 Å². The van der Waals surface area contributed by atoms with Crippen LogP contribution < -0.4 is 0 Å². The standard InChI is InChI=1S/C46H29N3S/c1-4-15-30(16-5-1)38-29-39(31-17-6-2-7-18-31)48-46(47-38)32-27-37(45-36-22-11-13-26-42(36)50-43(45)28-32)34-23-14-25-41-44(34)35-21-10-12-24-40(35)49(41)33-19-8-3-9-20-33/h1-29H. The molecular formula is C46H29N3S. The van der Waals surface area contributed by atoms with Crippen molar-refractivity contribution < 1.29 is 0 Å². The summed E-state index contributed by atoms with van der Waals surface area (Å²) >= 11 is 1.83. The maximum absolute atomic E-state index is 5.24. The third-order valence-electron chi connectivity index (χ3n) is 9.60. The number of thiophene rings is 1. The van der Waals surface area contributed by atoms with Crippen LogP contribution in [0, 0.1) is 0 Å². The molecular weight excluding hydrogens is 627 g/mol. The molecule has 0 atom stereocenters. The minimum atomic E-state index is 0.713. The Hall–Kier alpha value is -6.36. The van der Waals surface area contributed by atoms with Gasteiger partial charge in [-0.05, 0) is 59.7 Å². The van der Waals surface area contributed by atoms with Crippen LogP contribution in [0.25, 0.3) is 92.7 Å². The van der Waals surface area contributed by atoms with Crippen molar-refractivity contribution in [3.8, 4) is 50.7 Å². The van der Waals surface area contributed by atoms with Crippen LogP contribution in [0.2, 0.25) is 0 Å². The van der Waals surface area contributed by atoms with Crippen LogP contribution in [0.3, 0.4) is 0 Å². The molecule has 3 aromatic heterocycles. The SMILES string of the molecule is c1ccc(-c2cc(-c3ccccc3)nc(-c3cc(-c4cccc5c4c4ccccc4n5-c4ccccc4)c4c(c3)sc3ccccc34)n2)cc1. The van der Waals surface area contributed by atoms with E-state index in [4.69, 9.17) is 9.97 Å². The molecule has 0 bridgehead atoms. The third-order valence-corrected chi connectivity index (χ3v) is 10.7. The van der Waals surface area contributed by atoms with E-state index in [1.807, 2.05) is 23.5 Å². The van der Waals surface area contributed by atoms with Crippen molar-refractivity contribution in [2.45, 2.75) is 0 Å². The zero-order chi connectivity index (χ0) is 33.0. The van der Waals surface area contributed by atoms with Crippen LogP contribution in [-0.4, -0.2) is 14.5 Å². The van der Waals surface area contributed by atoms with E-state index < -0.39 is 0 Å². The van der Waals surface area contributed by atoms with E-state index in [9.17, 15) is 0 Å². The summed E-state index contributed by atoms with van der Waals surface area (Å²) in [5.74, 6) is 0.713. The van der Waals surface area contributed by atoms with Crippen molar-refractivity contribution in [3.63, 3.8) is 0 Å². The lowest BCUT2D eigenvalue weighted by Crippen LogP contribution is -1.96. The van der Waals surface area contributed by atoms with Crippen LogP contribution in [0.5, 0.6) is 0 Å². The molecule has 0 fully saturated rings. The largest absolute Gasteiger partial charge is 0.309 e. The molecule has 0 amide bonds. The average molecular weight is 656 g/mol. The molecule has 0 saturated carbocycles. The number of para-hydroxylation sites is 2. The summed E-state index contributed by atoms with van der Waals surface area (Å²) in [4.78, 5) is 10.5. The molecule has 3 heterocycles. The fourth-order valence-corrected chi connectivity index (χ4v) is 8.56. The second-order valence-corrected chi connectivity index (χ2v) is 13.7. The first-order chi connectivity index (χ1) is 24.8. The van der Waals surface area contributed by atoms with E-state index in [1.54, 1.807) is 0 Å². The molecule has 0 aliphatic carbocycles. The van der Waals surface area contributed by atoms with E-state index in [2.05, 4.69) is 168 Å². The summed E-state index contributed by atoms with van der Waals surface area (Å²) in [6, 6.07) is 62.4. The lowest BCUT2D eigenvalue weighted by Gasteiger charge is -2.13. The van der Waals surface area contributed by atoms with E-state index in [1.165, 1.54) is 53.1 Å². The maximum atomic E-state index is 5.24. The van der Waals surface area contributed by atoms with Crippen molar-refractivity contribution in [1.82, 2.24) is 14.5 Å². The van der Waals surface area contributed by atoms with Gasteiger partial charge < -0.3 is 4.57 Å². The molecule has 0 saturated heterocycles. The summed E-state index contributed by atoms with van der Waals surface area (Å²) in [6.45, 7) is 0. The number of benzene rings is 7. The van der Waals surface area contributed by atoms with Crippen LogP contribution in [0.4, 0.5) is 0 Å². The first kappa shape index (κ1) is 28.6. The molecule has 10 aromatic rings. The second kappa shape index (κ2) is 11.7. The van der Waals surface area contributed by atoms with Crippen molar-refractivity contribution >= 4 is 53.3 Å². The molecule has 0 spiro atoms. The highest BCUT2D eigenvalue weighted by molar-refractivity contribution is 7.26. The van der Waals surface area contributed by atoms with Crippen LogP contribution in [0.1, 0.15) is 0 Å². The number of hydrogen-bond donors (Lipinski definition) is 0. The topological polar surface area (TPSA) is 30.7 Å². The van der Waals surface area contributed by atoms with Gasteiger partial charge in [0.25, 0.3) is 0 Å². The molecule has 0 unspecified atom stereocenters. The number of nitrogens with zero attached hydrogens (tertiary/aromatic N) is 3. The summed E-state index contributed by atoms with van der Waals surface area (Å²) in [5.41, 5.74) is 10.8. The first-order valence-corrected chi connectivity index (χ1v) is 17.7. The van der Waals surface area contributed by atoms with Gasteiger partial charge in [-0.25, -0.2) is 9.97 Å². The predicted molar refractivity (Wildman–Crippen MR) is 211 cm³/mol. The lowest BCUT2D eigenvalue weighted by molar-refractivity contribution is 1.18. The number of hydrogen-bond acceptors (Lipinski definition) is 3. The first-order valence-electron chi connectivity index (χ1n) is 16.8. The summed E-state index contributed by atoms with van der Waals surface area (Å²) < 4.78 is 4.88. The summed E-state index contributed by atoms with van der Waals surface area (Å²) in [7, 11) is 0. The average Bonchev–Trinajstić information content (AvgIpc) is 3.74. The van der Waals surface area contributed by atoms with Gasteiger partial charge in [0.15, 0.2) is 5.82 Å². The smallest absolute Gasteiger partial charge is 0.160 e. The second-order valence-electron chi connectivity index (χ2n) is 12.6. The van der Waals surface area contributed by atoms with Gasteiger partial charge >= 0.3 is 0 Å². The Morgan fingerprint density at radius 3 is 1.72 bits per heavy atom. The molecule has 234 valence electrons. The van der Waals surface area contributed by atoms with E-state index in [0.717, 1.165) is 33.8 Å². The fraction of sp³-hybridized carbons (Fsp3) is 0. The Kier molecular flexibility index (Phi) is 6.68. The highest BCUT2D eigenvalue weighted by Crippen LogP contribution is 2.46. The molecule has 0 N–H and O–H groups in total. The number of rotatable bonds is 5. The molecule has 4 heteroatoms. The van der Waals surface area contributed by atoms with E-state index in [-0.39, 0.29) is 0 Å². The Balaban J connectivity index is 1.30. The van der Waals surface area contributed by atoms with Crippen molar-refractivity contribution in [2.75, 3.05) is 0 Å². The van der Waals surface area contributed by atoms with Crippen molar-refractivity contribution in [1.29, 1.82) is 0 Å². The normalized spacial score (nSPS) is 11.6. The van der Waals surface area contributed by atoms with E-state index >= 15 is 0 Å². The third kappa shape index (κ3) is 4.65. The van der Waals surface area contributed by atoms with Crippen molar-refractivity contribution in [2.24, 2.45) is 0 Å². The Morgan fingerprint density at radius 2 is 1.00 bits per heavy atom. The molecule has 0 aliphatic heterocycles. The van der Waals surface area contributed by atoms with Gasteiger partial charge in [0, 0.05) is 53.3 Å². The Bertz CT molecular complexity index is 2800. The highest BCUT2D eigenvalue weighted by atomic mass is 32.1. The predicted octanol–water partition coefficient (Wildman–Crippen LogP) is 12.6. The van der Waals surface area contributed by atoms with Crippen LogP contribution in [0.15, 0.2) is 176 Å². The Labute approximate surface area is 293 Å². The molecule has 10 rings (SSSR count). The van der Waals surface area contributed by atoms with Gasteiger partial charge in [-0.1, -0.05) is 127 Å². The Morgan fingerprint density at radius 1 is 0.400 bits per heavy atom. The van der Waals surface area contributed by atoms with Gasteiger partial charge in [0.2, 0.25) is 0 Å². The summed E-state index contributed by atoms with van der Waals surface area (Å²) in [5, 5.41) is 5.00. The van der Waals surface area contributed by atoms with Gasteiger partial charge in [-0.3, -0.25) is 0 Å². The molecule has 7 aromatic carbocycles. The van der Waals surface area contributed by atoms with E-state index in [0.29, 0.717) is 5.82 Å². The van der Waals surface area contributed by atoms with Crippen LogP contribution >= 0.6 is 11.3 Å². The van der Waals surface area contributed by atoms with Gasteiger partial charge in [-0.2, -0.15) is 0 Å². The number of aromatic nitrogens is 3. The molecule has 50 heavy (non-hydrogen) atoms. The molecule has 3 nitrogen and oxygen atoms in total. The zero-order valence-electron chi connectivity index (χ0n) is 27.0. The zero-order valence-corrected chi connectivity index (χ0v) is 27.8. The minimum Gasteiger partial charge on any atom is -0.309 e. The maximum Gasteiger partial charge on any atom is 0.160 e. The van der Waals surface area contributed by atoms with Gasteiger partial charge in [0.1, 0.15) is 0 Å². The lowest BCUT2D eigenvalue weighted by atomic mass is 9.93. The van der Waals surface area contributed by atoms with Gasteiger partial charge in [-0.15, -0.1) is 11.3 Å². The van der Waals surface area contributed by atoms with Crippen LogP contribution in [-0.2, 0) is 0 Å². The molecule has 0 aliphatic rings.